The van der Waals surface area contributed by atoms with E-state index in [2.05, 4.69) is 244 Å². The minimum Gasteiger partial charge on any atom is -0.0619 e. The highest BCUT2D eigenvalue weighted by Gasteiger charge is 2.53. The quantitative estimate of drug-likeness (QED) is 0.155. The van der Waals surface area contributed by atoms with Gasteiger partial charge in [-0.3, -0.25) is 0 Å². The summed E-state index contributed by atoms with van der Waals surface area (Å²) >= 11 is 0. The highest BCUT2D eigenvalue weighted by atomic mass is 14.5. The van der Waals surface area contributed by atoms with Crippen molar-refractivity contribution >= 4 is 43.1 Å². The minimum atomic E-state index is -0.449. The Morgan fingerprint density at radius 3 is 1.31 bits per heavy atom. The summed E-state index contributed by atoms with van der Waals surface area (Å²) in [6.07, 6.45) is 0. The van der Waals surface area contributed by atoms with Gasteiger partial charge in [-0.2, -0.15) is 0 Å². The summed E-state index contributed by atoms with van der Waals surface area (Å²) in [7, 11) is 0. The first kappa shape index (κ1) is 37.9. The molecule has 0 aliphatic heterocycles. The van der Waals surface area contributed by atoms with Crippen LogP contribution >= 0.6 is 0 Å². The molecule has 0 aromatic heterocycles. The van der Waals surface area contributed by atoms with Crippen molar-refractivity contribution in [2.24, 2.45) is 0 Å². The van der Waals surface area contributed by atoms with Crippen LogP contribution < -0.4 is 0 Å². The number of benzene rings is 12. The summed E-state index contributed by atoms with van der Waals surface area (Å²) in [6.45, 7) is 4.75. The lowest BCUT2D eigenvalue weighted by molar-refractivity contribution is 0.660. The number of hydrogen-bond donors (Lipinski definition) is 0. The van der Waals surface area contributed by atoms with Gasteiger partial charge in [-0.25, -0.2) is 0 Å². The molecule has 3 aliphatic rings. The molecule has 68 heavy (non-hydrogen) atoms. The Hall–Kier alpha value is -8.32. The average molecular weight is 861 g/mol. The molecule has 0 radical (unpaired) electrons. The topological polar surface area (TPSA) is 0 Å². The van der Waals surface area contributed by atoms with E-state index in [-0.39, 0.29) is 5.41 Å². The molecule has 12 aromatic carbocycles. The maximum absolute atomic E-state index is 2.48. The van der Waals surface area contributed by atoms with Crippen LogP contribution in [-0.2, 0) is 10.8 Å². The first-order chi connectivity index (χ1) is 33.5. The van der Waals surface area contributed by atoms with E-state index >= 15 is 0 Å². The Morgan fingerprint density at radius 1 is 0.250 bits per heavy atom. The largest absolute Gasteiger partial charge is 0.0737 e. The Morgan fingerprint density at radius 2 is 0.676 bits per heavy atom. The highest BCUT2D eigenvalue weighted by Crippen LogP contribution is 2.65. The van der Waals surface area contributed by atoms with Crippen molar-refractivity contribution in [2.45, 2.75) is 24.7 Å². The van der Waals surface area contributed by atoms with Gasteiger partial charge < -0.3 is 0 Å². The number of fused-ring (bicyclic) bond motifs is 19. The molecule has 12 aromatic rings. The van der Waals surface area contributed by atoms with Gasteiger partial charge in [0.2, 0.25) is 0 Å². The Kier molecular flexibility index (Phi) is 7.59. The van der Waals surface area contributed by atoms with E-state index < -0.39 is 5.41 Å². The molecule has 0 saturated heterocycles. The zero-order valence-corrected chi connectivity index (χ0v) is 37.9. The van der Waals surface area contributed by atoms with Gasteiger partial charge in [-0.1, -0.05) is 226 Å². The molecule has 316 valence electrons. The van der Waals surface area contributed by atoms with Gasteiger partial charge in [-0.15, -0.1) is 0 Å². The standard InChI is InChI=1S/C68H44/c1-67(2)59-27-12-9-20-49(59)52-35-33-46(40-62(52)67)64-55-25-7-5-23-53(55)63(54-24-6-8-26-56(54)64)45-18-15-17-42(39-45)43-31-34-48-44(38-43)32-37-58-57-36-30-41-16-3-4-19-47(41)65(57)68(66(48)58)60-28-13-10-21-50(60)51-22-11-14-29-61(51)68/h3-40H,1-2H3. The van der Waals surface area contributed by atoms with Crippen LogP contribution in [0.25, 0.3) is 110 Å². The van der Waals surface area contributed by atoms with Gasteiger partial charge in [0.15, 0.2) is 0 Å². The lowest BCUT2D eigenvalue weighted by Gasteiger charge is -2.32. The van der Waals surface area contributed by atoms with Crippen LogP contribution in [0.4, 0.5) is 0 Å². The second-order valence-electron chi connectivity index (χ2n) is 19.8. The van der Waals surface area contributed by atoms with E-state index in [4.69, 9.17) is 0 Å². The van der Waals surface area contributed by atoms with Crippen LogP contribution in [0.2, 0.25) is 0 Å². The van der Waals surface area contributed by atoms with Crippen molar-refractivity contribution in [1.82, 2.24) is 0 Å². The smallest absolute Gasteiger partial charge is 0.0619 e. The van der Waals surface area contributed by atoms with Gasteiger partial charge in [0, 0.05) is 5.41 Å². The van der Waals surface area contributed by atoms with E-state index in [1.807, 2.05) is 0 Å². The fourth-order valence-electron chi connectivity index (χ4n) is 13.4. The molecule has 0 nitrogen and oxygen atoms in total. The molecule has 15 rings (SSSR count). The van der Waals surface area contributed by atoms with E-state index in [1.165, 1.54) is 143 Å². The molecular formula is C68H44. The van der Waals surface area contributed by atoms with Crippen LogP contribution in [0, 0.1) is 0 Å². The molecule has 0 N–H and O–H groups in total. The van der Waals surface area contributed by atoms with Crippen LogP contribution in [0.5, 0.6) is 0 Å². The second kappa shape index (κ2) is 13.6. The molecule has 0 heteroatoms. The molecule has 0 saturated carbocycles. The van der Waals surface area contributed by atoms with E-state index in [0.717, 1.165) is 0 Å². The second-order valence-corrected chi connectivity index (χ2v) is 19.8. The third-order valence-electron chi connectivity index (χ3n) is 16.2. The molecule has 3 aliphatic carbocycles. The van der Waals surface area contributed by atoms with Gasteiger partial charge >= 0.3 is 0 Å². The maximum atomic E-state index is 2.48. The first-order valence-electron chi connectivity index (χ1n) is 24.1. The molecule has 0 atom stereocenters. The van der Waals surface area contributed by atoms with Crippen LogP contribution in [0.3, 0.4) is 0 Å². The number of rotatable bonds is 3. The summed E-state index contributed by atoms with van der Waals surface area (Å²) in [5.74, 6) is 0. The highest BCUT2D eigenvalue weighted by molar-refractivity contribution is 6.22. The summed E-state index contributed by atoms with van der Waals surface area (Å²) in [5.41, 5.74) is 23.3. The molecule has 0 heterocycles. The fourth-order valence-corrected chi connectivity index (χ4v) is 13.4. The van der Waals surface area contributed by atoms with Gasteiger partial charge in [-0.05, 0) is 161 Å². The molecule has 0 bridgehead atoms. The van der Waals surface area contributed by atoms with Crippen LogP contribution in [-0.4, -0.2) is 0 Å². The van der Waals surface area contributed by atoms with Gasteiger partial charge in [0.1, 0.15) is 0 Å². The monoisotopic (exact) mass is 860 g/mol. The molecular weight excluding hydrogens is 817 g/mol. The Balaban J connectivity index is 0.909. The van der Waals surface area contributed by atoms with Crippen LogP contribution in [0.1, 0.15) is 47.2 Å². The van der Waals surface area contributed by atoms with Crippen molar-refractivity contribution in [3.8, 4) is 66.8 Å². The summed E-state index contributed by atoms with van der Waals surface area (Å²) in [4.78, 5) is 0. The first-order valence-corrected chi connectivity index (χ1v) is 24.1. The van der Waals surface area contributed by atoms with Crippen molar-refractivity contribution in [3.63, 3.8) is 0 Å². The number of hydrogen-bond acceptors (Lipinski definition) is 0. The van der Waals surface area contributed by atoms with Crippen molar-refractivity contribution in [1.29, 1.82) is 0 Å². The van der Waals surface area contributed by atoms with E-state index in [9.17, 15) is 0 Å². The van der Waals surface area contributed by atoms with Crippen molar-refractivity contribution in [3.05, 3.63) is 264 Å². The zero-order chi connectivity index (χ0) is 44.9. The van der Waals surface area contributed by atoms with Gasteiger partial charge in [0.25, 0.3) is 0 Å². The van der Waals surface area contributed by atoms with Gasteiger partial charge in [0.05, 0.1) is 5.41 Å². The molecule has 0 amide bonds. The summed E-state index contributed by atoms with van der Waals surface area (Å²) in [6, 6.07) is 87.5. The predicted octanol–water partition coefficient (Wildman–Crippen LogP) is 18.0. The SMILES string of the molecule is CC1(C)c2ccccc2-c2ccc(-c3c4ccccc4c(-c4cccc(-c5ccc6c7c(ccc6c5)-c5ccc6ccccc6c5C75c6ccccc6-c6ccccc65)c4)c4ccccc34)cc21. The molecule has 1 spiro atoms. The summed E-state index contributed by atoms with van der Waals surface area (Å²) in [5, 5.41) is 10.3. The minimum absolute atomic E-state index is 0.0780. The van der Waals surface area contributed by atoms with Crippen LogP contribution in [0.15, 0.2) is 231 Å². The van der Waals surface area contributed by atoms with E-state index in [1.54, 1.807) is 0 Å². The Labute approximate surface area is 396 Å². The third kappa shape index (κ3) is 4.84. The maximum Gasteiger partial charge on any atom is 0.0737 e. The summed E-state index contributed by atoms with van der Waals surface area (Å²) < 4.78 is 0. The lowest BCUT2D eigenvalue weighted by atomic mass is 9.68. The normalized spacial score (nSPS) is 14.3. The van der Waals surface area contributed by atoms with E-state index in [0.29, 0.717) is 0 Å². The fraction of sp³-hybridized carbons (Fsp3) is 0.0588. The Bertz CT molecular complexity index is 4080. The predicted molar refractivity (Wildman–Crippen MR) is 287 cm³/mol. The molecule has 0 unspecified atom stereocenters. The van der Waals surface area contributed by atoms with Crippen molar-refractivity contribution in [2.75, 3.05) is 0 Å². The lowest BCUT2D eigenvalue weighted by Crippen LogP contribution is -2.26. The third-order valence-corrected chi connectivity index (χ3v) is 16.2. The molecule has 0 fully saturated rings. The zero-order valence-electron chi connectivity index (χ0n) is 37.9. The van der Waals surface area contributed by atoms with Crippen molar-refractivity contribution < 1.29 is 0 Å². The average Bonchev–Trinajstić information content (AvgIpc) is 3.96.